The molecule has 2 aliphatic heterocycles. The molecule has 1 aromatic carbocycles. The lowest BCUT2D eigenvalue weighted by Gasteiger charge is -2.23. The number of carbonyl (C=O) groups is 3. The summed E-state index contributed by atoms with van der Waals surface area (Å²) in [6, 6.07) is 5.65. The van der Waals surface area contributed by atoms with Gasteiger partial charge in [0.05, 0.1) is 0 Å². The van der Waals surface area contributed by atoms with Crippen molar-refractivity contribution in [2.24, 2.45) is 0 Å². The van der Waals surface area contributed by atoms with Crippen molar-refractivity contribution in [1.82, 2.24) is 9.80 Å². The highest BCUT2D eigenvalue weighted by atomic mass is 35.5. The van der Waals surface area contributed by atoms with E-state index in [0.717, 1.165) is 30.6 Å². The molecule has 0 unspecified atom stereocenters. The summed E-state index contributed by atoms with van der Waals surface area (Å²) >= 11 is 5.89. The van der Waals surface area contributed by atoms with E-state index in [1.165, 1.54) is 4.90 Å². The lowest BCUT2D eigenvalue weighted by Crippen LogP contribution is -2.43. The Balaban J connectivity index is 1.73. The van der Waals surface area contributed by atoms with Gasteiger partial charge in [0, 0.05) is 23.8 Å². The number of amides is 4. The minimum Gasteiger partial charge on any atom is -0.341 e. The van der Waals surface area contributed by atoms with Crippen molar-refractivity contribution in [3.05, 3.63) is 29.3 Å². The third-order valence-electron chi connectivity index (χ3n) is 4.80. The van der Waals surface area contributed by atoms with Crippen LogP contribution in [0.5, 0.6) is 0 Å². The molecule has 0 saturated carbocycles. The van der Waals surface area contributed by atoms with Crippen LogP contribution in [-0.4, -0.2) is 53.3 Å². The molecule has 25 heavy (non-hydrogen) atoms. The zero-order chi connectivity index (χ0) is 18.0. The van der Waals surface area contributed by atoms with Crippen molar-refractivity contribution in [1.29, 1.82) is 0 Å². The highest BCUT2D eigenvalue weighted by Gasteiger charge is 2.44. The summed E-state index contributed by atoms with van der Waals surface area (Å²) in [5, 5.41) is 0.558. The van der Waals surface area contributed by atoms with Gasteiger partial charge >= 0.3 is 6.03 Å². The third kappa shape index (κ3) is 3.63. The average molecular weight is 364 g/mol. The molecule has 1 atom stereocenters. The molecule has 2 aliphatic rings. The quantitative estimate of drug-likeness (QED) is 0.776. The minimum atomic E-state index is -0.634. The van der Waals surface area contributed by atoms with E-state index in [2.05, 4.69) is 0 Å². The number of urea groups is 1. The first-order valence-corrected chi connectivity index (χ1v) is 9.05. The van der Waals surface area contributed by atoms with Crippen LogP contribution in [0.25, 0.3) is 0 Å². The Morgan fingerprint density at radius 1 is 1.08 bits per heavy atom. The average Bonchev–Trinajstić information content (AvgIpc) is 2.83. The number of nitrogens with zero attached hydrogens (tertiary/aromatic N) is 3. The fourth-order valence-corrected chi connectivity index (χ4v) is 3.49. The summed E-state index contributed by atoms with van der Waals surface area (Å²) in [7, 11) is 0. The molecule has 4 amide bonds. The molecular weight excluding hydrogens is 342 g/mol. The van der Waals surface area contributed by atoms with Crippen molar-refractivity contribution in [3.8, 4) is 0 Å². The highest BCUT2D eigenvalue weighted by Crippen LogP contribution is 2.27. The second kappa shape index (κ2) is 7.44. The Morgan fingerprint density at radius 3 is 2.28 bits per heavy atom. The van der Waals surface area contributed by atoms with Crippen molar-refractivity contribution in [2.75, 3.05) is 24.5 Å². The van der Waals surface area contributed by atoms with E-state index in [9.17, 15) is 14.4 Å². The monoisotopic (exact) mass is 363 g/mol. The number of rotatable bonds is 3. The number of hydrogen-bond acceptors (Lipinski definition) is 3. The Hall–Kier alpha value is -2.08. The second-order valence-corrected chi connectivity index (χ2v) is 6.96. The zero-order valence-electron chi connectivity index (χ0n) is 14.3. The second-order valence-electron chi connectivity index (χ2n) is 6.52. The molecule has 7 heteroatoms. The van der Waals surface area contributed by atoms with Gasteiger partial charge in [-0.05, 0) is 44.0 Å². The summed E-state index contributed by atoms with van der Waals surface area (Å²) in [6.07, 6.45) is 4.18. The molecule has 3 rings (SSSR count). The largest absolute Gasteiger partial charge is 0.341 e. The van der Waals surface area contributed by atoms with Gasteiger partial charge < -0.3 is 4.90 Å². The van der Waals surface area contributed by atoms with E-state index in [1.807, 2.05) is 0 Å². The van der Waals surface area contributed by atoms with Gasteiger partial charge in [-0.3, -0.25) is 19.4 Å². The van der Waals surface area contributed by atoms with Crippen LogP contribution in [0.4, 0.5) is 10.5 Å². The van der Waals surface area contributed by atoms with Crippen molar-refractivity contribution in [3.63, 3.8) is 0 Å². The summed E-state index contributed by atoms with van der Waals surface area (Å²) < 4.78 is 0. The molecule has 0 radical (unpaired) electrons. The number of hydrogen-bond donors (Lipinski definition) is 0. The van der Waals surface area contributed by atoms with Crippen LogP contribution in [0.2, 0.25) is 5.02 Å². The Morgan fingerprint density at radius 2 is 1.68 bits per heavy atom. The first-order chi connectivity index (χ1) is 12.0. The maximum Gasteiger partial charge on any atom is 0.332 e. The Kier molecular flexibility index (Phi) is 5.27. The molecule has 0 aliphatic carbocycles. The van der Waals surface area contributed by atoms with Crippen molar-refractivity contribution in [2.45, 2.75) is 38.6 Å². The fourth-order valence-electron chi connectivity index (χ4n) is 3.36. The SMILES string of the molecule is C[C@@H]1C(=O)N(CC(=O)N2CCCCCC2)C(=O)N1c1ccc(Cl)cc1. The van der Waals surface area contributed by atoms with Crippen molar-refractivity contribution < 1.29 is 14.4 Å². The summed E-state index contributed by atoms with van der Waals surface area (Å²) in [4.78, 5) is 42.0. The number of imide groups is 1. The van der Waals surface area contributed by atoms with Crippen LogP contribution in [0.3, 0.4) is 0 Å². The summed E-state index contributed by atoms with van der Waals surface area (Å²) in [5.74, 6) is -0.503. The summed E-state index contributed by atoms with van der Waals surface area (Å²) in [5.41, 5.74) is 0.597. The third-order valence-corrected chi connectivity index (χ3v) is 5.06. The molecule has 1 aromatic rings. The van der Waals surface area contributed by atoms with Gasteiger partial charge in [-0.25, -0.2) is 4.79 Å². The Labute approximate surface area is 152 Å². The maximum absolute atomic E-state index is 12.7. The minimum absolute atomic E-state index is 0.159. The first kappa shape index (κ1) is 17.7. The van der Waals surface area contributed by atoms with E-state index in [-0.39, 0.29) is 18.4 Å². The van der Waals surface area contributed by atoms with Gasteiger partial charge in [0.25, 0.3) is 5.91 Å². The number of anilines is 1. The fraction of sp³-hybridized carbons (Fsp3) is 0.500. The molecule has 0 aromatic heterocycles. The van der Waals surface area contributed by atoms with E-state index in [0.29, 0.717) is 23.8 Å². The van der Waals surface area contributed by atoms with Crippen LogP contribution < -0.4 is 4.90 Å². The molecule has 0 spiro atoms. The lowest BCUT2D eigenvalue weighted by atomic mass is 10.2. The van der Waals surface area contributed by atoms with E-state index >= 15 is 0 Å². The summed E-state index contributed by atoms with van der Waals surface area (Å²) in [6.45, 7) is 2.88. The topological polar surface area (TPSA) is 60.9 Å². The predicted octanol–water partition coefficient (Wildman–Crippen LogP) is 2.90. The molecule has 2 saturated heterocycles. The normalized spacial score (nSPS) is 21.7. The first-order valence-electron chi connectivity index (χ1n) is 8.67. The van der Waals surface area contributed by atoms with Gasteiger partial charge in [-0.1, -0.05) is 24.4 Å². The molecule has 2 fully saturated rings. The van der Waals surface area contributed by atoms with Crippen LogP contribution in [0, 0.1) is 0 Å². The molecule has 6 nitrogen and oxygen atoms in total. The van der Waals surface area contributed by atoms with Gasteiger partial charge in [-0.2, -0.15) is 0 Å². The van der Waals surface area contributed by atoms with Crippen LogP contribution in [0.15, 0.2) is 24.3 Å². The van der Waals surface area contributed by atoms with Gasteiger partial charge in [0.2, 0.25) is 5.91 Å². The van der Waals surface area contributed by atoms with E-state index < -0.39 is 12.1 Å². The number of likely N-dealkylation sites (tertiary alicyclic amines) is 1. The molecular formula is C18H22ClN3O3. The maximum atomic E-state index is 12.7. The standard InChI is InChI=1S/C18H22ClN3O3/c1-13-17(24)21(12-16(23)20-10-4-2-3-5-11-20)18(25)22(13)15-8-6-14(19)7-9-15/h6-9,13H,2-5,10-12H2,1H3/t13-/m1/s1. The lowest BCUT2D eigenvalue weighted by molar-refractivity contribution is -0.137. The number of benzene rings is 1. The molecule has 134 valence electrons. The van der Waals surface area contributed by atoms with Crippen LogP contribution in [0.1, 0.15) is 32.6 Å². The smallest absolute Gasteiger partial charge is 0.332 e. The van der Waals surface area contributed by atoms with Gasteiger partial charge in [0.15, 0.2) is 0 Å². The number of carbonyl (C=O) groups excluding carboxylic acids is 3. The zero-order valence-corrected chi connectivity index (χ0v) is 15.0. The molecule has 0 N–H and O–H groups in total. The van der Waals surface area contributed by atoms with Crippen molar-refractivity contribution >= 4 is 35.1 Å². The predicted molar refractivity (Wildman–Crippen MR) is 95.6 cm³/mol. The Bertz CT molecular complexity index is 669. The highest BCUT2D eigenvalue weighted by molar-refractivity contribution is 6.30. The van der Waals surface area contributed by atoms with Crippen LogP contribution in [-0.2, 0) is 9.59 Å². The molecule has 2 heterocycles. The number of halogens is 1. The van der Waals surface area contributed by atoms with Gasteiger partial charge in [0.1, 0.15) is 12.6 Å². The van der Waals surface area contributed by atoms with E-state index in [4.69, 9.17) is 11.6 Å². The molecule has 0 bridgehead atoms. The van der Waals surface area contributed by atoms with E-state index in [1.54, 1.807) is 36.1 Å². The van der Waals surface area contributed by atoms with Crippen LogP contribution >= 0.6 is 11.6 Å². The van der Waals surface area contributed by atoms with Gasteiger partial charge in [-0.15, -0.1) is 0 Å².